The molecule has 0 aliphatic carbocycles. The van der Waals surface area contributed by atoms with Crippen LogP contribution in [0, 0.1) is 0 Å². The lowest BCUT2D eigenvalue weighted by Gasteiger charge is -2.02. The number of fused-ring (bicyclic) bond motifs is 1. The lowest BCUT2D eigenvalue weighted by atomic mass is 10.1. The molecule has 0 fully saturated rings. The Morgan fingerprint density at radius 3 is 2.42 bits per heavy atom. The van der Waals surface area contributed by atoms with Gasteiger partial charge in [-0.1, -0.05) is 54.1 Å². The second-order valence-corrected chi connectivity index (χ2v) is 6.73. The van der Waals surface area contributed by atoms with Crippen LogP contribution < -0.4 is 0 Å². The van der Waals surface area contributed by atoms with Gasteiger partial charge in [0.25, 0.3) is 0 Å². The van der Waals surface area contributed by atoms with E-state index in [9.17, 15) is 4.79 Å². The first-order valence-corrected chi connectivity index (χ1v) is 8.79. The molecule has 0 saturated heterocycles. The van der Waals surface area contributed by atoms with Crippen LogP contribution in [0.1, 0.15) is 5.56 Å². The largest absolute Gasteiger partial charge is 0.436 e. The van der Waals surface area contributed by atoms with Gasteiger partial charge in [0.05, 0.1) is 0 Å². The Labute approximate surface area is 160 Å². The van der Waals surface area contributed by atoms with Crippen LogP contribution in [0.2, 0.25) is 5.02 Å². The van der Waals surface area contributed by atoms with Crippen molar-refractivity contribution in [3.05, 3.63) is 77.3 Å². The van der Waals surface area contributed by atoms with Gasteiger partial charge in [-0.25, -0.2) is 4.98 Å². The Kier molecular flexibility index (Phi) is 4.49. The number of nitrogens with zero attached hydrogens (tertiary/aromatic N) is 1. The molecule has 0 amide bonds. The molecular formula is C21H13Cl2NO2. The Morgan fingerprint density at radius 1 is 0.923 bits per heavy atom. The molecule has 4 aromatic rings. The Morgan fingerprint density at radius 2 is 1.69 bits per heavy atom. The molecular weight excluding hydrogens is 369 g/mol. The van der Waals surface area contributed by atoms with E-state index in [1.54, 1.807) is 12.1 Å². The fraction of sp³-hybridized carbons (Fsp3) is 0.0476. The summed E-state index contributed by atoms with van der Waals surface area (Å²) in [5, 5.41) is 0.0127. The minimum atomic E-state index is -0.449. The number of rotatable bonds is 4. The number of hydrogen-bond donors (Lipinski definition) is 0. The smallest absolute Gasteiger partial charge is 0.227 e. The lowest BCUT2D eigenvalue weighted by Crippen LogP contribution is -1.94. The highest BCUT2D eigenvalue weighted by Gasteiger charge is 2.12. The van der Waals surface area contributed by atoms with Gasteiger partial charge in [-0.15, -0.1) is 0 Å². The molecule has 0 aliphatic heterocycles. The number of hydrogen-bond acceptors (Lipinski definition) is 3. The monoisotopic (exact) mass is 381 g/mol. The van der Waals surface area contributed by atoms with Crippen LogP contribution in [0.4, 0.5) is 0 Å². The summed E-state index contributed by atoms with van der Waals surface area (Å²) in [5.41, 5.74) is 5.11. The maximum atomic E-state index is 11.1. The van der Waals surface area contributed by atoms with Crippen LogP contribution >= 0.6 is 23.2 Å². The lowest BCUT2D eigenvalue weighted by molar-refractivity contribution is -0.111. The van der Waals surface area contributed by atoms with E-state index in [0.29, 0.717) is 22.1 Å². The number of halogens is 2. The van der Waals surface area contributed by atoms with Gasteiger partial charge in [0, 0.05) is 17.0 Å². The van der Waals surface area contributed by atoms with E-state index in [2.05, 4.69) is 17.1 Å². The van der Waals surface area contributed by atoms with Crippen molar-refractivity contribution in [2.45, 2.75) is 6.42 Å². The molecule has 1 aromatic heterocycles. The number of carbonyl (C=O) groups excluding carboxylic acids is 1. The van der Waals surface area contributed by atoms with Crippen LogP contribution in [-0.4, -0.2) is 10.2 Å². The van der Waals surface area contributed by atoms with Gasteiger partial charge in [-0.05, 0) is 52.6 Å². The van der Waals surface area contributed by atoms with E-state index >= 15 is 0 Å². The summed E-state index contributed by atoms with van der Waals surface area (Å²) in [4.78, 5) is 15.6. The topological polar surface area (TPSA) is 43.1 Å². The Hall–Kier alpha value is -2.62. The predicted molar refractivity (Wildman–Crippen MR) is 104 cm³/mol. The predicted octanol–water partition coefficient (Wildman–Crippen LogP) is 6.12. The Bertz CT molecular complexity index is 1100. The number of aromatic nitrogens is 1. The van der Waals surface area contributed by atoms with Crippen LogP contribution in [0.3, 0.4) is 0 Å². The highest BCUT2D eigenvalue weighted by atomic mass is 35.5. The summed E-state index contributed by atoms with van der Waals surface area (Å²) in [7, 11) is 0. The van der Waals surface area contributed by atoms with Crippen molar-refractivity contribution in [3.63, 3.8) is 0 Å². The quantitative estimate of drug-likeness (QED) is 0.399. The fourth-order valence-corrected chi connectivity index (χ4v) is 3.23. The molecule has 0 atom stereocenters. The highest BCUT2D eigenvalue weighted by Crippen LogP contribution is 2.30. The third kappa shape index (κ3) is 3.36. The molecule has 5 heteroatoms. The van der Waals surface area contributed by atoms with E-state index in [1.807, 2.05) is 42.5 Å². The molecule has 0 spiro atoms. The first-order chi connectivity index (χ1) is 12.6. The first kappa shape index (κ1) is 16.8. The first-order valence-electron chi connectivity index (χ1n) is 8.03. The third-order valence-electron chi connectivity index (χ3n) is 4.12. The van der Waals surface area contributed by atoms with E-state index < -0.39 is 5.24 Å². The summed E-state index contributed by atoms with van der Waals surface area (Å²) in [6.07, 6.45) is 0.0919. The second kappa shape index (κ2) is 6.94. The molecule has 0 N–H and O–H groups in total. The van der Waals surface area contributed by atoms with E-state index in [1.165, 1.54) is 0 Å². The molecule has 0 radical (unpaired) electrons. The molecule has 3 nitrogen and oxygen atoms in total. The number of oxazole rings is 1. The maximum Gasteiger partial charge on any atom is 0.227 e. The summed E-state index contributed by atoms with van der Waals surface area (Å²) in [6.45, 7) is 0. The maximum absolute atomic E-state index is 11.1. The average molecular weight is 382 g/mol. The molecule has 0 unspecified atom stereocenters. The summed E-state index contributed by atoms with van der Waals surface area (Å²) >= 11 is 11.7. The summed E-state index contributed by atoms with van der Waals surface area (Å²) in [6, 6.07) is 21.3. The van der Waals surface area contributed by atoms with E-state index in [0.717, 1.165) is 22.2 Å². The van der Waals surface area contributed by atoms with E-state index in [-0.39, 0.29) is 6.42 Å². The van der Waals surface area contributed by atoms with Crippen molar-refractivity contribution in [1.29, 1.82) is 0 Å². The molecule has 3 aromatic carbocycles. The number of benzene rings is 3. The molecule has 26 heavy (non-hydrogen) atoms. The molecule has 1 heterocycles. The molecule has 4 rings (SSSR count). The van der Waals surface area contributed by atoms with Gasteiger partial charge in [-0.2, -0.15) is 0 Å². The highest BCUT2D eigenvalue weighted by molar-refractivity contribution is 6.63. The van der Waals surface area contributed by atoms with Crippen molar-refractivity contribution in [3.8, 4) is 22.6 Å². The van der Waals surface area contributed by atoms with Gasteiger partial charge in [0.15, 0.2) is 5.58 Å². The van der Waals surface area contributed by atoms with Crippen LogP contribution in [0.25, 0.3) is 33.7 Å². The van der Waals surface area contributed by atoms with Gasteiger partial charge < -0.3 is 4.42 Å². The average Bonchev–Trinajstić information content (AvgIpc) is 3.07. The van der Waals surface area contributed by atoms with Crippen molar-refractivity contribution in [2.75, 3.05) is 0 Å². The van der Waals surface area contributed by atoms with Crippen molar-refractivity contribution in [2.24, 2.45) is 0 Å². The van der Waals surface area contributed by atoms with E-state index in [4.69, 9.17) is 27.6 Å². The van der Waals surface area contributed by atoms with Gasteiger partial charge in [0.2, 0.25) is 11.1 Å². The summed E-state index contributed by atoms with van der Waals surface area (Å²) in [5.74, 6) is 0.482. The third-order valence-corrected chi connectivity index (χ3v) is 4.61. The van der Waals surface area contributed by atoms with Crippen molar-refractivity contribution in [1.82, 2.24) is 4.98 Å². The molecule has 128 valence electrons. The normalized spacial score (nSPS) is 11.0. The standard InChI is InChI=1S/C21H13Cl2NO2/c22-17-10-16(7-6-15(17)12-20(23)25)21-24-18-11-14(8-9-19(18)26-21)13-4-2-1-3-5-13/h1-11H,12H2. The minimum Gasteiger partial charge on any atom is -0.436 e. The minimum absolute atomic E-state index is 0.0919. The van der Waals surface area contributed by atoms with Crippen LogP contribution in [-0.2, 0) is 11.2 Å². The van der Waals surface area contributed by atoms with Gasteiger partial charge >= 0.3 is 0 Å². The van der Waals surface area contributed by atoms with Crippen molar-refractivity contribution >= 4 is 39.5 Å². The fourth-order valence-electron chi connectivity index (χ4n) is 2.83. The van der Waals surface area contributed by atoms with Crippen LogP contribution in [0.5, 0.6) is 0 Å². The zero-order valence-corrected chi connectivity index (χ0v) is 15.1. The molecule has 0 bridgehead atoms. The number of carbonyl (C=O) groups is 1. The molecule has 0 aliphatic rings. The SMILES string of the molecule is O=C(Cl)Cc1ccc(-c2nc3cc(-c4ccccc4)ccc3o2)cc1Cl. The molecule has 0 saturated carbocycles. The second-order valence-electron chi connectivity index (χ2n) is 5.91. The Balaban J connectivity index is 1.71. The van der Waals surface area contributed by atoms with Gasteiger partial charge in [-0.3, -0.25) is 4.79 Å². The summed E-state index contributed by atoms with van der Waals surface area (Å²) < 4.78 is 5.86. The van der Waals surface area contributed by atoms with Crippen LogP contribution in [0.15, 0.2) is 71.1 Å². The van der Waals surface area contributed by atoms with Gasteiger partial charge in [0.1, 0.15) is 5.52 Å². The zero-order valence-electron chi connectivity index (χ0n) is 13.6. The zero-order chi connectivity index (χ0) is 18.1. The van der Waals surface area contributed by atoms with Crippen molar-refractivity contribution < 1.29 is 9.21 Å².